The fourth-order valence-corrected chi connectivity index (χ4v) is 3.63. The van der Waals surface area contributed by atoms with Crippen molar-refractivity contribution in [1.82, 2.24) is 4.57 Å². The number of hydrogen-bond acceptors (Lipinski definition) is 0. The SMILES string of the molecule is CC(C)CCCCCn1c2ccccc2c2cc(Br)ccc21. The summed E-state index contributed by atoms with van der Waals surface area (Å²) in [5.74, 6) is 0.825. The molecule has 0 aliphatic heterocycles. The van der Waals surface area contributed by atoms with Crippen LogP contribution in [0.25, 0.3) is 21.8 Å². The molecule has 22 heavy (non-hydrogen) atoms. The normalized spacial score (nSPS) is 11.8. The van der Waals surface area contributed by atoms with E-state index in [2.05, 4.69) is 76.8 Å². The first kappa shape index (κ1) is 15.6. The van der Waals surface area contributed by atoms with Crippen LogP contribution in [-0.4, -0.2) is 4.57 Å². The van der Waals surface area contributed by atoms with E-state index < -0.39 is 0 Å². The highest BCUT2D eigenvalue weighted by Gasteiger charge is 2.10. The molecule has 0 bridgehead atoms. The summed E-state index contributed by atoms with van der Waals surface area (Å²) in [4.78, 5) is 0. The Labute approximate surface area is 141 Å². The molecule has 0 saturated carbocycles. The van der Waals surface area contributed by atoms with Gasteiger partial charge in [0.05, 0.1) is 0 Å². The maximum absolute atomic E-state index is 3.60. The number of nitrogens with zero attached hydrogens (tertiary/aromatic N) is 1. The Balaban J connectivity index is 1.87. The third-order valence-electron chi connectivity index (χ3n) is 4.40. The van der Waals surface area contributed by atoms with Gasteiger partial charge in [-0.25, -0.2) is 0 Å². The summed E-state index contributed by atoms with van der Waals surface area (Å²) in [6, 6.07) is 15.4. The van der Waals surface area contributed by atoms with Gasteiger partial charge in [0.15, 0.2) is 0 Å². The lowest BCUT2D eigenvalue weighted by atomic mass is 10.1. The average Bonchev–Trinajstić information content (AvgIpc) is 2.80. The van der Waals surface area contributed by atoms with Gasteiger partial charge in [-0.1, -0.05) is 67.2 Å². The summed E-state index contributed by atoms with van der Waals surface area (Å²) in [5, 5.41) is 2.72. The zero-order valence-corrected chi connectivity index (χ0v) is 15.1. The van der Waals surface area contributed by atoms with Crippen molar-refractivity contribution in [2.24, 2.45) is 5.92 Å². The van der Waals surface area contributed by atoms with Gasteiger partial charge >= 0.3 is 0 Å². The minimum atomic E-state index is 0.825. The van der Waals surface area contributed by atoms with Crippen molar-refractivity contribution in [3.63, 3.8) is 0 Å². The Bertz CT molecular complexity index is 770. The van der Waals surface area contributed by atoms with Gasteiger partial charge in [-0.2, -0.15) is 0 Å². The number of halogens is 1. The first-order chi connectivity index (χ1) is 10.7. The van der Waals surface area contributed by atoms with Crippen molar-refractivity contribution in [2.45, 2.75) is 46.1 Å². The zero-order chi connectivity index (χ0) is 15.5. The van der Waals surface area contributed by atoms with Crippen molar-refractivity contribution in [2.75, 3.05) is 0 Å². The second-order valence-electron chi connectivity index (χ2n) is 6.57. The van der Waals surface area contributed by atoms with Gasteiger partial charge in [0, 0.05) is 32.8 Å². The summed E-state index contributed by atoms with van der Waals surface area (Å²) >= 11 is 3.60. The third-order valence-corrected chi connectivity index (χ3v) is 4.89. The third kappa shape index (κ3) is 3.22. The van der Waals surface area contributed by atoms with Crippen molar-refractivity contribution in [1.29, 1.82) is 0 Å². The van der Waals surface area contributed by atoms with Crippen LogP contribution in [0.1, 0.15) is 39.5 Å². The summed E-state index contributed by atoms with van der Waals surface area (Å²) in [5.41, 5.74) is 2.72. The van der Waals surface area contributed by atoms with E-state index in [1.54, 1.807) is 0 Å². The standard InChI is InChI=1S/C20H24BrN/c1-15(2)8-4-3-7-13-22-19-10-6-5-9-17(19)18-14-16(21)11-12-20(18)22/h5-6,9-12,14-15H,3-4,7-8,13H2,1-2H3. The monoisotopic (exact) mass is 357 g/mol. The topological polar surface area (TPSA) is 4.93 Å². The molecule has 3 aromatic rings. The van der Waals surface area contributed by atoms with E-state index in [4.69, 9.17) is 0 Å². The molecule has 3 rings (SSSR count). The molecule has 0 saturated heterocycles. The van der Waals surface area contributed by atoms with Crippen molar-refractivity contribution in [3.05, 3.63) is 46.9 Å². The highest BCUT2D eigenvalue weighted by molar-refractivity contribution is 9.10. The molecule has 0 aliphatic rings. The van der Waals surface area contributed by atoms with Crippen LogP contribution in [0.2, 0.25) is 0 Å². The van der Waals surface area contributed by atoms with Crippen molar-refractivity contribution < 1.29 is 0 Å². The molecule has 1 aromatic heterocycles. The van der Waals surface area contributed by atoms with E-state index in [0.717, 1.165) is 16.9 Å². The van der Waals surface area contributed by atoms with Gasteiger partial charge < -0.3 is 4.57 Å². The Hall–Kier alpha value is -1.28. The van der Waals surface area contributed by atoms with Gasteiger partial charge in [-0.05, 0) is 36.6 Å². The predicted molar refractivity (Wildman–Crippen MR) is 100 cm³/mol. The van der Waals surface area contributed by atoms with Crippen LogP contribution in [0.3, 0.4) is 0 Å². The van der Waals surface area contributed by atoms with E-state index in [1.165, 1.54) is 47.5 Å². The van der Waals surface area contributed by atoms with E-state index in [9.17, 15) is 0 Å². The summed E-state index contributed by atoms with van der Waals surface area (Å²) < 4.78 is 3.65. The number of para-hydroxylation sites is 1. The molecular formula is C20H24BrN. The molecule has 0 atom stereocenters. The van der Waals surface area contributed by atoms with Gasteiger partial charge in [-0.15, -0.1) is 0 Å². The van der Waals surface area contributed by atoms with E-state index >= 15 is 0 Å². The van der Waals surface area contributed by atoms with E-state index in [0.29, 0.717) is 0 Å². The lowest BCUT2D eigenvalue weighted by molar-refractivity contribution is 0.512. The highest BCUT2D eigenvalue weighted by atomic mass is 79.9. The molecule has 1 nitrogen and oxygen atoms in total. The summed E-state index contributed by atoms with van der Waals surface area (Å²) in [6.07, 6.45) is 5.28. The number of benzene rings is 2. The molecule has 2 aromatic carbocycles. The lowest BCUT2D eigenvalue weighted by Gasteiger charge is -2.08. The largest absolute Gasteiger partial charge is 0.340 e. The van der Waals surface area contributed by atoms with Gasteiger partial charge in [0.25, 0.3) is 0 Å². The Morgan fingerprint density at radius 3 is 2.50 bits per heavy atom. The van der Waals surface area contributed by atoms with Gasteiger partial charge in [0.1, 0.15) is 0 Å². The molecule has 0 N–H and O–H groups in total. The first-order valence-corrected chi connectivity index (χ1v) is 9.12. The molecular weight excluding hydrogens is 334 g/mol. The molecule has 0 amide bonds. The number of fused-ring (bicyclic) bond motifs is 3. The predicted octanol–water partition coefficient (Wildman–Crippen LogP) is 6.77. The number of hydrogen-bond donors (Lipinski definition) is 0. The minimum Gasteiger partial charge on any atom is -0.340 e. The molecule has 2 heteroatoms. The number of unbranched alkanes of at least 4 members (excludes halogenated alkanes) is 2. The van der Waals surface area contributed by atoms with Crippen LogP contribution in [0.5, 0.6) is 0 Å². The highest BCUT2D eigenvalue weighted by Crippen LogP contribution is 2.31. The molecule has 1 heterocycles. The second kappa shape index (κ2) is 6.87. The van der Waals surface area contributed by atoms with Crippen LogP contribution in [-0.2, 0) is 6.54 Å². The van der Waals surface area contributed by atoms with Crippen LogP contribution in [0.15, 0.2) is 46.9 Å². The first-order valence-electron chi connectivity index (χ1n) is 8.33. The second-order valence-corrected chi connectivity index (χ2v) is 7.49. The Kier molecular flexibility index (Phi) is 4.87. The number of aromatic nitrogens is 1. The number of rotatable bonds is 6. The molecule has 0 radical (unpaired) electrons. The van der Waals surface area contributed by atoms with Crippen LogP contribution < -0.4 is 0 Å². The Morgan fingerprint density at radius 2 is 1.68 bits per heavy atom. The van der Waals surface area contributed by atoms with Crippen molar-refractivity contribution >= 4 is 37.7 Å². The van der Waals surface area contributed by atoms with Gasteiger partial charge in [-0.3, -0.25) is 0 Å². The molecule has 0 spiro atoms. The van der Waals surface area contributed by atoms with E-state index in [-0.39, 0.29) is 0 Å². The van der Waals surface area contributed by atoms with Crippen molar-refractivity contribution in [3.8, 4) is 0 Å². The zero-order valence-electron chi connectivity index (χ0n) is 13.5. The summed E-state index contributed by atoms with van der Waals surface area (Å²) in [7, 11) is 0. The fraction of sp³-hybridized carbons (Fsp3) is 0.400. The lowest BCUT2D eigenvalue weighted by Crippen LogP contribution is -1.98. The molecule has 0 unspecified atom stereocenters. The fourth-order valence-electron chi connectivity index (χ4n) is 3.27. The smallest absolute Gasteiger partial charge is 0.0492 e. The van der Waals surface area contributed by atoms with Crippen LogP contribution >= 0.6 is 15.9 Å². The average molecular weight is 358 g/mol. The minimum absolute atomic E-state index is 0.825. The van der Waals surface area contributed by atoms with E-state index in [1.807, 2.05) is 0 Å². The maximum atomic E-state index is 3.60. The quantitative estimate of drug-likeness (QED) is 0.428. The molecule has 0 fully saturated rings. The summed E-state index contributed by atoms with van der Waals surface area (Å²) in [6.45, 7) is 5.74. The Morgan fingerprint density at radius 1 is 0.909 bits per heavy atom. The van der Waals surface area contributed by atoms with Crippen LogP contribution in [0.4, 0.5) is 0 Å². The van der Waals surface area contributed by atoms with Crippen LogP contribution in [0, 0.1) is 5.92 Å². The molecule has 116 valence electrons. The van der Waals surface area contributed by atoms with Gasteiger partial charge in [0.2, 0.25) is 0 Å². The molecule has 0 aliphatic carbocycles. The maximum Gasteiger partial charge on any atom is 0.0492 e. The number of aryl methyl sites for hydroxylation is 1.